The number of nitrogens with zero attached hydrogens (tertiary/aromatic N) is 2. The Bertz CT molecular complexity index is 1170. The smallest absolute Gasteiger partial charge is 0.341 e. The first-order valence-corrected chi connectivity index (χ1v) is 10.7. The molecule has 0 amide bonds. The van der Waals surface area contributed by atoms with Gasteiger partial charge in [0.05, 0.1) is 28.3 Å². The zero-order valence-electron chi connectivity index (χ0n) is 17.3. The number of pyridine rings is 1. The summed E-state index contributed by atoms with van der Waals surface area (Å²) in [6.07, 6.45) is 4.06. The first-order chi connectivity index (χ1) is 14.6. The molecule has 1 saturated heterocycles. The van der Waals surface area contributed by atoms with Gasteiger partial charge in [0.15, 0.2) is 5.82 Å². The molecule has 2 aliphatic carbocycles. The molecule has 2 aromatic rings. The highest BCUT2D eigenvalue weighted by Crippen LogP contribution is 2.45. The van der Waals surface area contributed by atoms with Crippen LogP contribution in [0.4, 0.5) is 20.2 Å². The average Bonchev–Trinajstić information content (AvgIpc) is 3.57. The van der Waals surface area contributed by atoms with Crippen molar-refractivity contribution >= 4 is 28.2 Å². The first-order valence-electron chi connectivity index (χ1n) is 10.7. The predicted octanol–water partition coefficient (Wildman–Crippen LogP) is 2.72. The molecule has 0 radical (unpaired) electrons. The van der Waals surface area contributed by atoms with Crippen molar-refractivity contribution in [3.05, 3.63) is 33.4 Å². The van der Waals surface area contributed by atoms with Gasteiger partial charge in [0.25, 0.3) is 0 Å². The quantitative estimate of drug-likeness (QED) is 0.626. The summed E-state index contributed by atoms with van der Waals surface area (Å²) in [4.78, 5) is 26.4. The number of fused-ring (bicyclic) bond motifs is 1. The lowest BCUT2D eigenvalue weighted by Gasteiger charge is -2.26. The zero-order chi connectivity index (χ0) is 22.2. The molecular formula is C22H26F2N4O3. The number of aryl methyl sites for hydroxylation is 1. The highest BCUT2D eigenvalue weighted by atomic mass is 19.1. The Morgan fingerprint density at radius 1 is 1.39 bits per heavy atom. The Hall–Kier alpha value is -2.68. The molecule has 2 heterocycles. The van der Waals surface area contributed by atoms with Crippen LogP contribution in [0.15, 0.2) is 11.0 Å². The number of nitrogens with two attached hydrogens (primary N) is 2. The van der Waals surface area contributed by atoms with Crippen LogP contribution in [0.3, 0.4) is 0 Å². The minimum absolute atomic E-state index is 0.0908. The standard InChI is InChI=1S/C22H26F2N4O3/c1-10-18-15(20(29)12(21(30)31)9-28(18)14-6-13(14)23)17(25)16(24)19(10)27-5-2-11(8-27)7-22(26)3-4-22/h9,11,13-14H,2-8,25-26H2,1H3,(H,30,31)/t11-,13+,14-/m0/s1. The van der Waals surface area contributed by atoms with E-state index in [1.807, 2.05) is 4.90 Å². The van der Waals surface area contributed by atoms with Crippen LogP contribution in [0.2, 0.25) is 0 Å². The fourth-order valence-electron chi connectivity index (χ4n) is 5.15. The largest absolute Gasteiger partial charge is 0.477 e. The second-order valence-electron chi connectivity index (χ2n) is 9.50. The lowest BCUT2D eigenvalue weighted by Crippen LogP contribution is -2.28. The number of benzene rings is 1. The van der Waals surface area contributed by atoms with Crippen molar-refractivity contribution in [2.45, 2.75) is 56.8 Å². The van der Waals surface area contributed by atoms with E-state index < -0.39 is 35.0 Å². The van der Waals surface area contributed by atoms with Crippen molar-refractivity contribution in [3.63, 3.8) is 0 Å². The molecule has 9 heteroatoms. The molecule has 5 rings (SSSR count). The minimum Gasteiger partial charge on any atom is -0.477 e. The van der Waals surface area contributed by atoms with Gasteiger partial charge in [-0.25, -0.2) is 13.6 Å². The predicted molar refractivity (Wildman–Crippen MR) is 114 cm³/mol. The second kappa shape index (κ2) is 6.66. The number of carboxylic acids is 1. The van der Waals surface area contributed by atoms with Crippen molar-refractivity contribution in [2.24, 2.45) is 11.7 Å². The number of halogens is 2. The van der Waals surface area contributed by atoms with Crippen LogP contribution in [-0.2, 0) is 0 Å². The van der Waals surface area contributed by atoms with Crippen LogP contribution in [0.25, 0.3) is 10.9 Å². The molecule has 7 nitrogen and oxygen atoms in total. The molecule has 5 N–H and O–H groups in total. The molecule has 3 aliphatic rings. The summed E-state index contributed by atoms with van der Waals surface area (Å²) in [5, 5.41) is 9.25. The summed E-state index contributed by atoms with van der Waals surface area (Å²) in [7, 11) is 0. The molecule has 1 aliphatic heterocycles. The maximum absolute atomic E-state index is 15.5. The van der Waals surface area contributed by atoms with Gasteiger partial charge in [-0.2, -0.15) is 0 Å². The van der Waals surface area contributed by atoms with Gasteiger partial charge in [-0.3, -0.25) is 4.79 Å². The van der Waals surface area contributed by atoms with Gasteiger partial charge in [0.2, 0.25) is 5.43 Å². The number of rotatable bonds is 5. The molecule has 166 valence electrons. The first kappa shape index (κ1) is 20.2. The van der Waals surface area contributed by atoms with Crippen molar-refractivity contribution < 1.29 is 18.7 Å². The van der Waals surface area contributed by atoms with E-state index in [1.54, 1.807) is 6.92 Å². The number of aromatic carboxylic acids is 1. The minimum atomic E-state index is -1.45. The molecule has 2 saturated carbocycles. The Balaban J connectivity index is 1.66. The number of alkyl halides is 1. The highest BCUT2D eigenvalue weighted by molar-refractivity contribution is 6.01. The maximum atomic E-state index is 15.5. The van der Waals surface area contributed by atoms with Gasteiger partial charge >= 0.3 is 5.97 Å². The molecule has 1 aromatic heterocycles. The number of hydrogen-bond acceptors (Lipinski definition) is 5. The topological polar surface area (TPSA) is 115 Å². The van der Waals surface area contributed by atoms with Gasteiger partial charge in [0.1, 0.15) is 11.7 Å². The maximum Gasteiger partial charge on any atom is 0.341 e. The van der Waals surface area contributed by atoms with Crippen LogP contribution in [0.1, 0.15) is 54.1 Å². The zero-order valence-corrected chi connectivity index (χ0v) is 17.3. The number of anilines is 2. The number of hydrogen-bond donors (Lipinski definition) is 3. The van der Waals surface area contributed by atoms with Crippen molar-refractivity contribution in [2.75, 3.05) is 23.7 Å². The second-order valence-corrected chi connectivity index (χ2v) is 9.50. The van der Waals surface area contributed by atoms with Gasteiger partial charge < -0.3 is 26.0 Å². The van der Waals surface area contributed by atoms with E-state index >= 15 is 4.39 Å². The van der Waals surface area contributed by atoms with E-state index in [4.69, 9.17) is 11.5 Å². The molecule has 1 aromatic carbocycles. The average molecular weight is 432 g/mol. The van der Waals surface area contributed by atoms with E-state index in [-0.39, 0.29) is 23.0 Å². The summed E-state index contributed by atoms with van der Waals surface area (Å²) >= 11 is 0. The molecule has 31 heavy (non-hydrogen) atoms. The van der Waals surface area contributed by atoms with E-state index in [1.165, 1.54) is 10.8 Å². The fraction of sp³-hybridized carbons (Fsp3) is 0.545. The summed E-state index contributed by atoms with van der Waals surface area (Å²) in [5.41, 5.74) is 11.6. The van der Waals surface area contributed by atoms with E-state index in [0.717, 1.165) is 25.7 Å². The van der Waals surface area contributed by atoms with Gasteiger partial charge in [-0.15, -0.1) is 0 Å². The Morgan fingerprint density at radius 3 is 2.65 bits per heavy atom. The Labute approximate surface area is 177 Å². The number of carbonyl (C=O) groups is 1. The van der Waals surface area contributed by atoms with E-state index in [0.29, 0.717) is 35.8 Å². The van der Waals surface area contributed by atoms with Gasteiger partial charge in [0, 0.05) is 31.2 Å². The molecule has 3 atom stereocenters. The Kier molecular flexibility index (Phi) is 4.35. The number of carboxylic acid groups (broad SMARTS) is 1. The monoisotopic (exact) mass is 432 g/mol. The summed E-state index contributed by atoms with van der Waals surface area (Å²) in [5.74, 6) is -1.83. The van der Waals surface area contributed by atoms with Gasteiger partial charge in [-0.05, 0) is 44.1 Å². The molecule has 0 spiro atoms. The molecule has 3 fully saturated rings. The van der Waals surface area contributed by atoms with Crippen molar-refractivity contribution in [1.29, 1.82) is 0 Å². The molecular weight excluding hydrogens is 406 g/mol. The third-order valence-corrected chi connectivity index (χ3v) is 7.12. The third kappa shape index (κ3) is 3.17. The summed E-state index contributed by atoms with van der Waals surface area (Å²) in [6.45, 7) is 2.95. The summed E-state index contributed by atoms with van der Waals surface area (Å²) < 4.78 is 30.9. The number of aromatic nitrogens is 1. The van der Waals surface area contributed by atoms with Crippen molar-refractivity contribution in [3.8, 4) is 0 Å². The summed E-state index contributed by atoms with van der Waals surface area (Å²) in [6, 6.07) is -0.587. The molecule has 0 unspecified atom stereocenters. The van der Waals surface area contributed by atoms with Crippen LogP contribution in [-0.4, -0.2) is 40.4 Å². The highest BCUT2D eigenvalue weighted by Gasteiger charge is 2.43. The van der Waals surface area contributed by atoms with Crippen molar-refractivity contribution in [1.82, 2.24) is 4.57 Å². The van der Waals surface area contributed by atoms with Crippen LogP contribution in [0.5, 0.6) is 0 Å². The van der Waals surface area contributed by atoms with Crippen LogP contribution < -0.4 is 21.8 Å². The fourth-order valence-corrected chi connectivity index (χ4v) is 5.15. The number of nitrogen functional groups attached to an aromatic ring is 1. The van der Waals surface area contributed by atoms with Crippen LogP contribution in [0, 0.1) is 18.7 Å². The SMILES string of the molecule is Cc1c(N2CC[C@@H](CC3(N)CC3)C2)c(F)c(N)c2c(=O)c(C(=O)O)cn([C@H]3C[C@H]3F)c12. The lowest BCUT2D eigenvalue weighted by molar-refractivity contribution is 0.0694. The lowest BCUT2D eigenvalue weighted by atomic mass is 9.98. The normalized spacial score (nSPS) is 26.5. The third-order valence-electron chi connectivity index (χ3n) is 7.12. The molecule has 0 bridgehead atoms. The van der Waals surface area contributed by atoms with E-state index in [2.05, 4.69) is 0 Å². The van der Waals surface area contributed by atoms with Gasteiger partial charge in [-0.1, -0.05) is 0 Å². The van der Waals surface area contributed by atoms with Crippen LogP contribution >= 0.6 is 0 Å². The Morgan fingerprint density at radius 2 is 2.06 bits per heavy atom. The van der Waals surface area contributed by atoms with E-state index in [9.17, 15) is 19.1 Å².